The van der Waals surface area contributed by atoms with Crippen LogP contribution in [0.5, 0.6) is 0 Å². The molecule has 5 heterocycles. The molecule has 9 heteroatoms. The summed E-state index contributed by atoms with van der Waals surface area (Å²) in [5, 5.41) is 2.60. The van der Waals surface area contributed by atoms with Gasteiger partial charge in [0.1, 0.15) is 11.2 Å². The number of likely N-dealkylation sites (tertiary alicyclic amines) is 1. The summed E-state index contributed by atoms with van der Waals surface area (Å²) in [5.74, 6) is 0.182. The first-order valence-corrected chi connectivity index (χ1v) is 10.8. The molecule has 2 aliphatic heterocycles. The highest BCUT2D eigenvalue weighted by Gasteiger charge is 2.32. The zero-order chi connectivity index (χ0) is 21.4. The monoisotopic (exact) mass is 421 g/mol. The van der Waals surface area contributed by atoms with E-state index in [-0.39, 0.29) is 11.5 Å². The highest BCUT2D eigenvalue weighted by Crippen LogP contribution is 2.30. The number of hydrogen-bond donors (Lipinski definition) is 2. The van der Waals surface area contributed by atoms with Crippen LogP contribution >= 0.6 is 0 Å². The molecule has 2 fully saturated rings. The maximum absolute atomic E-state index is 12.3. The van der Waals surface area contributed by atoms with E-state index >= 15 is 0 Å². The molecule has 0 spiro atoms. The fourth-order valence-corrected chi connectivity index (χ4v) is 4.87. The van der Waals surface area contributed by atoms with Gasteiger partial charge in [-0.05, 0) is 37.9 Å². The largest absolute Gasteiger partial charge is 0.370 e. The van der Waals surface area contributed by atoms with Gasteiger partial charge in [0, 0.05) is 50.5 Å². The summed E-state index contributed by atoms with van der Waals surface area (Å²) in [6.45, 7) is 3.99. The molecule has 2 saturated heterocycles. The van der Waals surface area contributed by atoms with Gasteiger partial charge in [0.25, 0.3) is 11.5 Å². The van der Waals surface area contributed by atoms with E-state index in [0.717, 1.165) is 56.8 Å². The van der Waals surface area contributed by atoms with Crippen molar-refractivity contribution < 1.29 is 4.79 Å². The molecule has 0 saturated carbocycles. The summed E-state index contributed by atoms with van der Waals surface area (Å²) < 4.78 is 1.82. The molecular weight excluding hydrogens is 394 g/mol. The summed E-state index contributed by atoms with van der Waals surface area (Å²) >= 11 is 0. The second-order valence-electron chi connectivity index (χ2n) is 8.40. The average Bonchev–Trinajstić information content (AvgIpc) is 3.49. The molecule has 162 valence electrons. The molecule has 0 bridgehead atoms. The van der Waals surface area contributed by atoms with Crippen LogP contribution in [0.4, 0.5) is 5.69 Å². The summed E-state index contributed by atoms with van der Waals surface area (Å²) in [6.07, 6.45) is 10.3. The Bertz CT molecular complexity index is 1130. The van der Waals surface area contributed by atoms with Crippen molar-refractivity contribution in [3.8, 4) is 0 Å². The van der Waals surface area contributed by atoms with Crippen molar-refractivity contribution in [2.75, 3.05) is 38.1 Å². The molecule has 31 heavy (non-hydrogen) atoms. The standard InChI is InChI=1S/C22H27N7O2/c1-23-21(30)18-3-2-17(10-25-18)27-8-5-16(6-9-27)28-7-4-15(12-28)19-13-29-14-24-11-20(29)22(31)26-19/h2-3,10-11,13-16H,4-9,12H2,1H3,(H,23,30)(H,26,31). The number of carbonyl (C=O) groups excluding carboxylic acids is 1. The minimum atomic E-state index is -0.164. The molecule has 1 amide bonds. The van der Waals surface area contributed by atoms with Crippen molar-refractivity contribution in [1.82, 2.24) is 29.6 Å². The van der Waals surface area contributed by atoms with Crippen molar-refractivity contribution in [2.45, 2.75) is 31.2 Å². The number of aromatic amines is 1. The Morgan fingerprint density at radius 1 is 1.16 bits per heavy atom. The lowest BCUT2D eigenvalue weighted by Gasteiger charge is -2.37. The highest BCUT2D eigenvalue weighted by molar-refractivity contribution is 5.92. The van der Waals surface area contributed by atoms with E-state index in [1.807, 2.05) is 16.7 Å². The third-order valence-electron chi connectivity index (χ3n) is 6.65. The Hall–Kier alpha value is -3.20. The molecule has 0 aromatic carbocycles. The van der Waals surface area contributed by atoms with Crippen molar-refractivity contribution >= 4 is 17.1 Å². The lowest BCUT2D eigenvalue weighted by Crippen LogP contribution is -2.44. The quantitative estimate of drug-likeness (QED) is 0.658. The van der Waals surface area contributed by atoms with Crippen LogP contribution in [0.25, 0.3) is 5.52 Å². The third-order valence-corrected chi connectivity index (χ3v) is 6.65. The zero-order valence-corrected chi connectivity index (χ0v) is 17.6. The van der Waals surface area contributed by atoms with Gasteiger partial charge in [-0.25, -0.2) is 9.97 Å². The fourth-order valence-electron chi connectivity index (χ4n) is 4.87. The predicted octanol–water partition coefficient (Wildman–Crippen LogP) is 1.24. The van der Waals surface area contributed by atoms with E-state index in [1.165, 1.54) is 0 Å². The number of H-pyrrole nitrogens is 1. The second kappa shape index (κ2) is 8.14. The molecule has 2 N–H and O–H groups in total. The van der Waals surface area contributed by atoms with Gasteiger partial charge in [-0.2, -0.15) is 0 Å². The van der Waals surface area contributed by atoms with E-state index in [4.69, 9.17) is 0 Å². The molecule has 5 rings (SSSR count). The molecule has 3 aromatic rings. The molecule has 0 aliphatic carbocycles. The van der Waals surface area contributed by atoms with E-state index in [0.29, 0.717) is 23.2 Å². The molecule has 0 radical (unpaired) electrons. The number of hydrogen-bond acceptors (Lipinski definition) is 6. The van der Waals surface area contributed by atoms with Crippen LogP contribution in [-0.2, 0) is 0 Å². The Morgan fingerprint density at radius 2 is 2.00 bits per heavy atom. The van der Waals surface area contributed by atoms with E-state index < -0.39 is 0 Å². The van der Waals surface area contributed by atoms with Crippen molar-refractivity contribution in [1.29, 1.82) is 0 Å². The second-order valence-corrected chi connectivity index (χ2v) is 8.40. The van der Waals surface area contributed by atoms with Gasteiger partial charge >= 0.3 is 0 Å². The maximum atomic E-state index is 12.3. The van der Waals surface area contributed by atoms with Crippen LogP contribution in [0.2, 0.25) is 0 Å². The number of aromatic nitrogens is 4. The first-order valence-electron chi connectivity index (χ1n) is 10.8. The predicted molar refractivity (Wildman–Crippen MR) is 118 cm³/mol. The first kappa shape index (κ1) is 19.7. The van der Waals surface area contributed by atoms with Gasteiger partial charge in [-0.3, -0.25) is 18.9 Å². The van der Waals surface area contributed by atoms with Crippen LogP contribution < -0.4 is 15.8 Å². The van der Waals surface area contributed by atoms with E-state index in [9.17, 15) is 9.59 Å². The summed E-state index contributed by atoms with van der Waals surface area (Å²) in [4.78, 5) is 40.3. The van der Waals surface area contributed by atoms with Crippen LogP contribution in [0.3, 0.4) is 0 Å². The summed E-state index contributed by atoms with van der Waals surface area (Å²) in [5.41, 5.74) is 3.02. The highest BCUT2D eigenvalue weighted by atomic mass is 16.1. The first-order chi connectivity index (χ1) is 15.1. The van der Waals surface area contributed by atoms with Crippen molar-refractivity contribution in [2.24, 2.45) is 0 Å². The zero-order valence-electron chi connectivity index (χ0n) is 17.6. The topological polar surface area (TPSA) is 98.6 Å². The lowest BCUT2D eigenvalue weighted by molar-refractivity contribution is 0.0958. The van der Waals surface area contributed by atoms with Gasteiger partial charge in [0.05, 0.1) is 24.4 Å². The number of rotatable bonds is 4. The fraction of sp³-hybridized carbons (Fsp3) is 0.455. The van der Waals surface area contributed by atoms with E-state index in [2.05, 4.69) is 30.1 Å². The number of nitrogens with zero attached hydrogens (tertiary/aromatic N) is 5. The molecule has 9 nitrogen and oxygen atoms in total. The van der Waals surface area contributed by atoms with Crippen LogP contribution in [0.1, 0.15) is 41.4 Å². The maximum Gasteiger partial charge on any atom is 0.274 e. The molecule has 1 atom stereocenters. The van der Waals surface area contributed by atoms with Gasteiger partial charge < -0.3 is 15.2 Å². The third kappa shape index (κ3) is 3.81. The number of nitrogens with one attached hydrogen (secondary N) is 2. The lowest BCUT2D eigenvalue weighted by atomic mass is 10.0. The molecule has 3 aromatic heterocycles. The van der Waals surface area contributed by atoms with Crippen LogP contribution in [0, 0.1) is 0 Å². The number of piperidine rings is 1. The Labute approximate surface area is 180 Å². The van der Waals surface area contributed by atoms with Gasteiger partial charge in [-0.1, -0.05) is 0 Å². The SMILES string of the molecule is CNC(=O)c1ccc(N2CCC(N3CCC(c4cn5cncc5c(=O)[nH]4)C3)CC2)cn1. The summed E-state index contributed by atoms with van der Waals surface area (Å²) in [7, 11) is 1.61. The number of imidazole rings is 1. The minimum Gasteiger partial charge on any atom is -0.370 e. The van der Waals surface area contributed by atoms with E-state index in [1.54, 1.807) is 31.8 Å². The molecular formula is C22H27N7O2. The van der Waals surface area contributed by atoms with Crippen LogP contribution in [0.15, 0.2) is 41.8 Å². The van der Waals surface area contributed by atoms with Crippen molar-refractivity contribution in [3.05, 3.63) is 58.8 Å². The van der Waals surface area contributed by atoms with Gasteiger partial charge in [-0.15, -0.1) is 0 Å². The molecule has 1 unspecified atom stereocenters. The Balaban J connectivity index is 1.19. The van der Waals surface area contributed by atoms with Crippen molar-refractivity contribution in [3.63, 3.8) is 0 Å². The Morgan fingerprint density at radius 3 is 2.74 bits per heavy atom. The number of amides is 1. The summed E-state index contributed by atoms with van der Waals surface area (Å²) in [6, 6.07) is 4.32. The number of fused-ring (bicyclic) bond motifs is 1. The minimum absolute atomic E-state index is 0.0715. The Kier molecular flexibility index (Phi) is 5.19. The number of carbonyl (C=O) groups is 1. The van der Waals surface area contributed by atoms with Gasteiger partial charge in [0.2, 0.25) is 0 Å². The van der Waals surface area contributed by atoms with Crippen LogP contribution in [-0.4, -0.2) is 69.4 Å². The smallest absolute Gasteiger partial charge is 0.274 e. The van der Waals surface area contributed by atoms with Gasteiger partial charge in [0.15, 0.2) is 0 Å². The molecule has 2 aliphatic rings. The normalized spacial score (nSPS) is 20.4. The average molecular weight is 422 g/mol. The number of anilines is 1. The number of pyridine rings is 1.